The number of hydrogen-bond donors (Lipinski definition) is 0. The van der Waals surface area contributed by atoms with Crippen LogP contribution in [0, 0.1) is 12.3 Å². The van der Waals surface area contributed by atoms with Crippen LogP contribution in [0.4, 0.5) is 13.6 Å². The Kier molecular flexibility index (Phi) is 4.97. The van der Waals surface area contributed by atoms with E-state index in [0.717, 1.165) is 48.9 Å². The number of nitrogens with zero attached hydrogens (tertiary/aromatic N) is 2. The van der Waals surface area contributed by atoms with Crippen molar-refractivity contribution in [2.75, 3.05) is 13.1 Å². The van der Waals surface area contributed by atoms with Gasteiger partial charge in [-0.05, 0) is 101 Å². The lowest BCUT2D eigenvalue weighted by molar-refractivity contribution is -0.178. The van der Waals surface area contributed by atoms with E-state index in [1.807, 2.05) is 33.0 Å². The van der Waals surface area contributed by atoms with Crippen LogP contribution in [0.1, 0.15) is 81.9 Å². The van der Waals surface area contributed by atoms with Crippen LogP contribution in [0.5, 0.6) is 0 Å². The summed E-state index contributed by atoms with van der Waals surface area (Å²) in [4.78, 5) is 15.3. The third-order valence-electron chi connectivity index (χ3n) is 7.48. The molecule has 2 aromatic rings. The second-order valence-corrected chi connectivity index (χ2v) is 11.4. The maximum absolute atomic E-state index is 13.5. The molecule has 6 heteroatoms. The first-order valence-electron chi connectivity index (χ1n) is 11.9. The maximum atomic E-state index is 13.5. The topological polar surface area (TPSA) is 34.5 Å². The lowest BCUT2D eigenvalue weighted by Gasteiger charge is -2.52. The maximum Gasteiger partial charge on any atom is 0.418 e. The third-order valence-corrected chi connectivity index (χ3v) is 7.48. The number of rotatable bonds is 3. The highest BCUT2D eigenvalue weighted by Gasteiger charge is 2.56. The van der Waals surface area contributed by atoms with Crippen molar-refractivity contribution in [3.8, 4) is 0 Å². The van der Waals surface area contributed by atoms with E-state index in [1.54, 1.807) is 4.57 Å². The number of benzene rings is 1. The van der Waals surface area contributed by atoms with Gasteiger partial charge in [0.2, 0.25) is 5.92 Å². The Morgan fingerprint density at radius 2 is 1.84 bits per heavy atom. The molecule has 2 saturated carbocycles. The Bertz CT molecular complexity index is 1040. The fraction of sp³-hybridized carbons (Fsp3) is 0.654. The Labute approximate surface area is 188 Å². The normalized spacial score (nSPS) is 22.8. The molecular weight excluding hydrogens is 410 g/mol. The Hall–Kier alpha value is -1.95. The highest BCUT2D eigenvalue weighted by molar-refractivity contribution is 5.94. The first-order valence-corrected chi connectivity index (χ1v) is 11.9. The van der Waals surface area contributed by atoms with Gasteiger partial charge in [-0.1, -0.05) is 6.07 Å². The van der Waals surface area contributed by atoms with Gasteiger partial charge in [-0.25, -0.2) is 13.6 Å². The number of alkyl halides is 2. The molecule has 5 rings (SSSR count). The molecule has 1 spiro atoms. The largest absolute Gasteiger partial charge is 0.443 e. The smallest absolute Gasteiger partial charge is 0.418 e. The van der Waals surface area contributed by atoms with Gasteiger partial charge in [0.25, 0.3) is 0 Å². The minimum absolute atomic E-state index is 0.0642. The molecule has 2 aliphatic carbocycles. The molecule has 0 radical (unpaired) electrons. The van der Waals surface area contributed by atoms with Crippen molar-refractivity contribution in [1.82, 2.24) is 9.47 Å². The summed E-state index contributed by atoms with van der Waals surface area (Å²) in [5, 5.41) is 1.12. The molecular formula is C26H34F2N2O2. The number of ether oxygens (including phenoxy) is 1. The molecule has 174 valence electrons. The van der Waals surface area contributed by atoms with Crippen molar-refractivity contribution in [2.24, 2.45) is 5.41 Å². The van der Waals surface area contributed by atoms with E-state index in [1.165, 1.54) is 24.0 Å². The number of aromatic nitrogens is 1. The van der Waals surface area contributed by atoms with Gasteiger partial charge < -0.3 is 4.74 Å². The van der Waals surface area contributed by atoms with Crippen LogP contribution in [-0.2, 0) is 11.3 Å². The number of halogens is 2. The molecule has 0 unspecified atom stereocenters. The van der Waals surface area contributed by atoms with Crippen LogP contribution >= 0.6 is 0 Å². The van der Waals surface area contributed by atoms with Gasteiger partial charge in [-0.15, -0.1) is 0 Å². The highest BCUT2D eigenvalue weighted by Crippen LogP contribution is 2.57. The van der Waals surface area contributed by atoms with Crippen LogP contribution < -0.4 is 0 Å². The van der Waals surface area contributed by atoms with Crippen molar-refractivity contribution < 1.29 is 18.3 Å². The van der Waals surface area contributed by atoms with Crippen LogP contribution in [0.25, 0.3) is 10.9 Å². The number of aryl methyl sites for hydroxylation is 1. The molecule has 1 aliphatic heterocycles. The summed E-state index contributed by atoms with van der Waals surface area (Å²) >= 11 is 0. The molecule has 0 atom stereocenters. The lowest BCUT2D eigenvalue weighted by atomic mass is 9.61. The molecule has 0 amide bonds. The lowest BCUT2D eigenvalue weighted by Crippen LogP contribution is -2.52. The summed E-state index contributed by atoms with van der Waals surface area (Å²) in [7, 11) is 0. The predicted molar refractivity (Wildman–Crippen MR) is 121 cm³/mol. The number of carbonyl (C=O) groups is 1. The van der Waals surface area contributed by atoms with Gasteiger partial charge in [0.05, 0.1) is 5.52 Å². The SMILES string of the molecule is Cc1cc(C2CC2)c(CN2CCC3(CC2)CC(F)(F)C3)c2ccn(C(=O)OC(C)(C)C)c12. The molecule has 4 nitrogen and oxygen atoms in total. The minimum Gasteiger partial charge on any atom is -0.443 e. The van der Waals surface area contributed by atoms with Crippen molar-refractivity contribution in [2.45, 2.75) is 90.2 Å². The van der Waals surface area contributed by atoms with Crippen LogP contribution in [0.15, 0.2) is 18.3 Å². The summed E-state index contributed by atoms with van der Waals surface area (Å²) in [5.41, 5.74) is 4.02. The van der Waals surface area contributed by atoms with E-state index in [2.05, 4.69) is 17.9 Å². The summed E-state index contributed by atoms with van der Waals surface area (Å²) in [6.45, 7) is 10.2. The van der Waals surface area contributed by atoms with Gasteiger partial charge in [0.1, 0.15) is 5.60 Å². The number of hydrogen-bond acceptors (Lipinski definition) is 3. The average molecular weight is 445 g/mol. The molecule has 2 heterocycles. The number of likely N-dealkylation sites (tertiary alicyclic amines) is 1. The van der Waals surface area contributed by atoms with Crippen molar-refractivity contribution in [3.63, 3.8) is 0 Å². The van der Waals surface area contributed by atoms with Crippen LogP contribution in [0.2, 0.25) is 0 Å². The zero-order chi connectivity index (χ0) is 22.9. The van der Waals surface area contributed by atoms with E-state index < -0.39 is 11.5 Å². The van der Waals surface area contributed by atoms with Crippen molar-refractivity contribution in [1.29, 1.82) is 0 Å². The number of fused-ring (bicyclic) bond motifs is 1. The first-order chi connectivity index (χ1) is 15.0. The van der Waals surface area contributed by atoms with Gasteiger partial charge in [-0.3, -0.25) is 9.47 Å². The molecule has 3 fully saturated rings. The molecule has 1 aromatic carbocycles. The quantitative estimate of drug-likeness (QED) is 0.533. The zero-order valence-electron chi connectivity index (χ0n) is 19.6. The molecule has 1 aromatic heterocycles. The third kappa shape index (κ3) is 4.07. The van der Waals surface area contributed by atoms with E-state index >= 15 is 0 Å². The summed E-state index contributed by atoms with van der Waals surface area (Å²) in [5.74, 6) is -1.85. The number of carbonyl (C=O) groups excluding carboxylic acids is 1. The van der Waals surface area contributed by atoms with Crippen LogP contribution in [-0.4, -0.2) is 40.2 Å². The summed E-state index contributed by atoms with van der Waals surface area (Å²) < 4.78 is 34.3. The predicted octanol–water partition coefficient (Wildman–Crippen LogP) is 6.62. The van der Waals surface area contributed by atoms with Gasteiger partial charge in [0.15, 0.2) is 0 Å². The second kappa shape index (κ2) is 7.28. The summed E-state index contributed by atoms with van der Waals surface area (Å²) in [6.07, 6.45) is 5.74. The summed E-state index contributed by atoms with van der Waals surface area (Å²) in [6, 6.07) is 4.31. The Balaban J connectivity index is 1.43. The van der Waals surface area contributed by atoms with E-state index in [4.69, 9.17) is 4.74 Å². The minimum atomic E-state index is -2.45. The Morgan fingerprint density at radius 1 is 1.19 bits per heavy atom. The zero-order valence-corrected chi connectivity index (χ0v) is 19.6. The van der Waals surface area contributed by atoms with Crippen molar-refractivity contribution in [3.05, 3.63) is 35.0 Å². The van der Waals surface area contributed by atoms with Gasteiger partial charge in [0, 0.05) is 31.0 Å². The number of piperidine rings is 1. The molecule has 32 heavy (non-hydrogen) atoms. The van der Waals surface area contributed by atoms with Gasteiger partial charge in [-0.2, -0.15) is 0 Å². The second-order valence-electron chi connectivity index (χ2n) is 11.4. The Morgan fingerprint density at radius 3 is 2.41 bits per heavy atom. The highest BCUT2D eigenvalue weighted by atomic mass is 19.3. The molecule has 0 N–H and O–H groups in total. The van der Waals surface area contributed by atoms with E-state index in [-0.39, 0.29) is 24.3 Å². The fourth-order valence-electron chi connectivity index (χ4n) is 5.83. The molecule has 1 saturated heterocycles. The van der Waals surface area contributed by atoms with Crippen molar-refractivity contribution >= 4 is 17.0 Å². The molecule has 3 aliphatic rings. The van der Waals surface area contributed by atoms with Gasteiger partial charge >= 0.3 is 6.09 Å². The fourth-order valence-corrected chi connectivity index (χ4v) is 5.83. The van der Waals surface area contributed by atoms with Crippen LogP contribution in [0.3, 0.4) is 0 Å². The first kappa shape index (κ1) is 21.9. The monoisotopic (exact) mass is 444 g/mol. The molecule has 0 bridgehead atoms. The standard InChI is InChI=1S/C26H34F2N2O2/c1-17-13-20(18-5-6-18)21(14-29-11-8-25(9-12-29)15-26(27,28)16-25)19-7-10-30(22(17)19)23(31)32-24(2,3)4/h7,10,13,18H,5-6,8-9,11-12,14-16H2,1-4H3. The van der Waals surface area contributed by atoms with E-state index in [9.17, 15) is 13.6 Å². The average Bonchev–Trinajstić information content (AvgIpc) is 3.40. The van der Waals surface area contributed by atoms with E-state index in [0.29, 0.717) is 5.92 Å².